The van der Waals surface area contributed by atoms with Crippen LogP contribution in [0.1, 0.15) is 25.7 Å². The lowest BCUT2D eigenvalue weighted by Crippen LogP contribution is -2.36. The quantitative estimate of drug-likeness (QED) is 0.919. The molecule has 0 aliphatic heterocycles. The molecular weight excluding hydrogens is 262 g/mol. The number of sulfonamides is 1. The predicted octanol–water partition coefficient (Wildman–Crippen LogP) is 1.93. The summed E-state index contributed by atoms with van der Waals surface area (Å²) in [4.78, 5) is 12.2. The Morgan fingerprint density at radius 1 is 1.05 bits per heavy atom. The summed E-state index contributed by atoms with van der Waals surface area (Å²) in [6.07, 6.45) is 3.95. The van der Waals surface area contributed by atoms with Crippen LogP contribution in [-0.2, 0) is 14.8 Å². The molecule has 3 atom stereocenters. The van der Waals surface area contributed by atoms with Gasteiger partial charge in [0.05, 0.1) is 4.90 Å². The molecule has 102 valence electrons. The molecule has 1 N–H and O–H groups in total. The van der Waals surface area contributed by atoms with E-state index in [-0.39, 0.29) is 16.7 Å². The SMILES string of the molecule is O=C(NS(=O)(=O)c1ccccc1)C1CCC2CC2C1. The molecule has 3 rings (SSSR count). The minimum absolute atomic E-state index is 0.137. The van der Waals surface area contributed by atoms with Crippen LogP contribution in [0.4, 0.5) is 0 Å². The highest BCUT2D eigenvalue weighted by atomic mass is 32.2. The smallest absolute Gasteiger partial charge is 0.264 e. The van der Waals surface area contributed by atoms with E-state index in [0.717, 1.165) is 25.2 Å². The molecule has 2 saturated carbocycles. The second-order valence-corrected chi connectivity index (χ2v) is 7.23. The maximum Gasteiger partial charge on any atom is 0.264 e. The molecule has 0 radical (unpaired) electrons. The number of fused-ring (bicyclic) bond motifs is 1. The molecule has 4 nitrogen and oxygen atoms in total. The summed E-state index contributed by atoms with van der Waals surface area (Å²) in [5.41, 5.74) is 0. The highest BCUT2D eigenvalue weighted by Crippen LogP contribution is 2.51. The Morgan fingerprint density at radius 2 is 1.79 bits per heavy atom. The maximum absolute atomic E-state index is 12.1. The number of hydrogen-bond donors (Lipinski definition) is 1. The Hall–Kier alpha value is -1.36. The molecule has 0 bridgehead atoms. The van der Waals surface area contributed by atoms with Crippen molar-refractivity contribution in [3.63, 3.8) is 0 Å². The number of rotatable bonds is 3. The number of hydrogen-bond acceptors (Lipinski definition) is 3. The second-order valence-electron chi connectivity index (χ2n) is 5.55. The highest BCUT2D eigenvalue weighted by molar-refractivity contribution is 7.90. The standard InChI is InChI=1S/C14H17NO3S/c16-14(11-7-6-10-8-12(10)9-11)15-19(17,18)13-4-2-1-3-5-13/h1-5,10-12H,6-9H2,(H,15,16). The molecule has 0 spiro atoms. The molecule has 2 fully saturated rings. The van der Waals surface area contributed by atoms with E-state index in [1.807, 2.05) is 0 Å². The van der Waals surface area contributed by atoms with Gasteiger partial charge in [-0.1, -0.05) is 18.2 Å². The van der Waals surface area contributed by atoms with Crippen LogP contribution in [0.25, 0.3) is 0 Å². The normalized spacial score (nSPS) is 29.4. The third kappa shape index (κ3) is 2.66. The van der Waals surface area contributed by atoms with Crippen LogP contribution in [0.3, 0.4) is 0 Å². The number of carbonyl (C=O) groups is 1. The van der Waals surface area contributed by atoms with Crippen molar-refractivity contribution in [3.05, 3.63) is 30.3 Å². The van der Waals surface area contributed by atoms with Crippen LogP contribution in [0.15, 0.2) is 35.2 Å². The van der Waals surface area contributed by atoms with Crippen LogP contribution < -0.4 is 4.72 Å². The Bertz CT molecular complexity index is 582. The third-order valence-electron chi connectivity index (χ3n) is 4.20. The molecule has 3 unspecified atom stereocenters. The van der Waals surface area contributed by atoms with E-state index in [1.165, 1.54) is 18.6 Å². The van der Waals surface area contributed by atoms with Crippen LogP contribution in [0, 0.1) is 17.8 Å². The highest BCUT2D eigenvalue weighted by Gasteiger charge is 2.44. The van der Waals surface area contributed by atoms with Crippen molar-refractivity contribution in [2.24, 2.45) is 17.8 Å². The minimum atomic E-state index is -3.71. The summed E-state index contributed by atoms with van der Waals surface area (Å²) in [5.74, 6) is 0.982. The van der Waals surface area contributed by atoms with Gasteiger partial charge in [0, 0.05) is 5.92 Å². The molecule has 1 amide bonds. The van der Waals surface area contributed by atoms with Crippen molar-refractivity contribution in [2.45, 2.75) is 30.6 Å². The zero-order valence-corrected chi connectivity index (χ0v) is 11.4. The first kappa shape index (κ1) is 12.7. The van der Waals surface area contributed by atoms with Crippen molar-refractivity contribution in [2.75, 3.05) is 0 Å². The van der Waals surface area contributed by atoms with Crippen LogP contribution in [0.5, 0.6) is 0 Å². The monoisotopic (exact) mass is 279 g/mol. The predicted molar refractivity (Wildman–Crippen MR) is 70.7 cm³/mol. The van der Waals surface area contributed by atoms with E-state index in [9.17, 15) is 13.2 Å². The summed E-state index contributed by atoms with van der Waals surface area (Å²) in [6, 6.07) is 8.03. The minimum Gasteiger partial charge on any atom is -0.274 e. The lowest BCUT2D eigenvalue weighted by molar-refractivity contribution is -0.124. The van der Waals surface area contributed by atoms with E-state index in [4.69, 9.17) is 0 Å². The topological polar surface area (TPSA) is 63.2 Å². The van der Waals surface area contributed by atoms with Gasteiger partial charge in [-0.15, -0.1) is 0 Å². The van der Waals surface area contributed by atoms with Gasteiger partial charge in [0.15, 0.2) is 0 Å². The Labute approximate surface area is 113 Å². The van der Waals surface area contributed by atoms with Gasteiger partial charge in [0.25, 0.3) is 10.0 Å². The Morgan fingerprint density at radius 3 is 2.47 bits per heavy atom. The van der Waals surface area contributed by atoms with Gasteiger partial charge in [-0.05, 0) is 49.7 Å². The average Bonchev–Trinajstić information content (AvgIpc) is 3.17. The summed E-state index contributed by atoms with van der Waals surface area (Å²) in [7, 11) is -3.71. The molecule has 0 aromatic heterocycles. The molecule has 5 heteroatoms. The average molecular weight is 279 g/mol. The van der Waals surface area contributed by atoms with Crippen molar-refractivity contribution < 1.29 is 13.2 Å². The maximum atomic E-state index is 12.1. The Kier molecular flexibility index (Phi) is 3.09. The summed E-state index contributed by atoms with van der Waals surface area (Å²) < 4.78 is 26.3. The van der Waals surface area contributed by atoms with Crippen LogP contribution in [0.2, 0.25) is 0 Å². The Balaban J connectivity index is 1.68. The molecule has 19 heavy (non-hydrogen) atoms. The lowest BCUT2D eigenvalue weighted by Gasteiger charge is -2.20. The van der Waals surface area contributed by atoms with Gasteiger partial charge in [0.1, 0.15) is 0 Å². The fourth-order valence-electron chi connectivity index (χ4n) is 2.96. The van der Waals surface area contributed by atoms with Crippen LogP contribution in [-0.4, -0.2) is 14.3 Å². The van der Waals surface area contributed by atoms with Gasteiger partial charge in [-0.3, -0.25) is 4.79 Å². The van der Waals surface area contributed by atoms with Gasteiger partial charge < -0.3 is 0 Å². The van der Waals surface area contributed by atoms with Crippen molar-refractivity contribution in [1.29, 1.82) is 0 Å². The summed E-state index contributed by atoms with van der Waals surface area (Å²) in [6.45, 7) is 0. The molecular formula is C14H17NO3S. The number of amides is 1. The lowest BCUT2D eigenvalue weighted by atomic mass is 9.89. The van der Waals surface area contributed by atoms with E-state index in [2.05, 4.69) is 4.72 Å². The number of carbonyl (C=O) groups excluding carboxylic acids is 1. The fourth-order valence-corrected chi connectivity index (χ4v) is 4.03. The van der Waals surface area contributed by atoms with Gasteiger partial charge in [0.2, 0.25) is 5.91 Å². The van der Waals surface area contributed by atoms with E-state index in [0.29, 0.717) is 5.92 Å². The molecule has 1 aromatic rings. The van der Waals surface area contributed by atoms with E-state index >= 15 is 0 Å². The zero-order chi connectivity index (χ0) is 13.5. The van der Waals surface area contributed by atoms with Crippen molar-refractivity contribution >= 4 is 15.9 Å². The largest absolute Gasteiger partial charge is 0.274 e. The number of benzene rings is 1. The number of nitrogens with one attached hydrogen (secondary N) is 1. The molecule has 2 aliphatic rings. The second kappa shape index (κ2) is 4.63. The first-order chi connectivity index (χ1) is 9.06. The van der Waals surface area contributed by atoms with E-state index < -0.39 is 10.0 Å². The van der Waals surface area contributed by atoms with Gasteiger partial charge in [-0.25, -0.2) is 13.1 Å². The van der Waals surface area contributed by atoms with Gasteiger partial charge in [-0.2, -0.15) is 0 Å². The third-order valence-corrected chi connectivity index (χ3v) is 5.56. The van der Waals surface area contributed by atoms with E-state index in [1.54, 1.807) is 18.2 Å². The summed E-state index contributed by atoms with van der Waals surface area (Å²) in [5, 5.41) is 0. The molecule has 0 heterocycles. The fraction of sp³-hybridized carbons (Fsp3) is 0.500. The zero-order valence-electron chi connectivity index (χ0n) is 10.6. The molecule has 2 aliphatic carbocycles. The van der Waals surface area contributed by atoms with Crippen molar-refractivity contribution in [1.82, 2.24) is 4.72 Å². The first-order valence-electron chi connectivity index (χ1n) is 6.68. The van der Waals surface area contributed by atoms with Crippen LogP contribution >= 0.6 is 0 Å². The van der Waals surface area contributed by atoms with Crippen molar-refractivity contribution in [3.8, 4) is 0 Å². The summed E-state index contributed by atoms with van der Waals surface area (Å²) >= 11 is 0. The molecule has 0 saturated heterocycles. The first-order valence-corrected chi connectivity index (χ1v) is 8.16. The molecule has 1 aromatic carbocycles. The van der Waals surface area contributed by atoms with Gasteiger partial charge >= 0.3 is 0 Å².